The third kappa shape index (κ3) is 3.15. The zero-order chi connectivity index (χ0) is 21.3. The molecular weight excluding hydrogens is 400 g/mol. The Hall–Kier alpha value is -4.58. The highest BCUT2D eigenvalue weighted by molar-refractivity contribution is 6.04. The molecule has 6 nitrogen and oxygen atoms in total. The van der Waals surface area contributed by atoms with E-state index in [-0.39, 0.29) is 0 Å². The van der Waals surface area contributed by atoms with Gasteiger partial charge in [-0.05, 0) is 34.0 Å². The molecule has 0 saturated carbocycles. The van der Waals surface area contributed by atoms with Gasteiger partial charge in [0.1, 0.15) is 11.4 Å². The number of pyridine rings is 2. The molecule has 4 heterocycles. The summed E-state index contributed by atoms with van der Waals surface area (Å²) < 4.78 is 10.7. The van der Waals surface area contributed by atoms with E-state index in [0.717, 1.165) is 44.4 Å². The van der Waals surface area contributed by atoms with Gasteiger partial charge in [-0.1, -0.05) is 48.5 Å². The van der Waals surface area contributed by atoms with Crippen LogP contribution >= 0.6 is 0 Å². The van der Waals surface area contributed by atoms with Crippen LogP contribution in [-0.4, -0.2) is 19.9 Å². The molecule has 0 aliphatic heterocycles. The molecule has 32 heavy (non-hydrogen) atoms. The molecule has 6 heteroatoms. The second kappa shape index (κ2) is 7.59. The predicted octanol–water partition coefficient (Wildman–Crippen LogP) is 6.27. The van der Waals surface area contributed by atoms with Crippen LogP contribution < -0.4 is 0 Å². The normalized spacial score (nSPS) is 11.1. The van der Waals surface area contributed by atoms with Crippen molar-refractivity contribution in [1.29, 1.82) is 0 Å². The SMILES string of the molecule is c1ccc2c(-c3ccc(-c4cnco4)nc3)ccc(-c3ccc(-c4cnco4)nc3)c2c1. The van der Waals surface area contributed by atoms with Gasteiger partial charge in [-0.3, -0.25) is 9.97 Å². The minimum absolute atomic E-state index is 0.651. The Bertz CT molecular complexity index is 1370. The lowest BCUT2D eigenvalue weighted by molar-refractivity contribution is 0.569. The summed E-state index contributed by atoms with van der Waals surface area (Å²) in [4.78, 5) is 17.0. The summed E-state index contributed by atoms with van der Waals surface area (Å²) in [5.74, 6) is 1.30. The van der Waals surface area contributed by atoms with Gasteiger partial charge in [-0.25, -0.2) is 9.97 Å². The first-order valence-electron chi connectivity index (χ1n) is 10.1. The maximum absolute atomic E-state index is 5.34. The van der Waals surface area contributed by atoms with Crippen molar-refractivity contribution in [2.24, 2.45) is 0 Å². The largest absolute Gasteiger partial charge is 0.442 e. The summed E-state index contributed by atoms with van der Waals surface area (Å²) in [5.41, 5.74) is 5.82. The van der Waals surface area contributed by atoms with Gasteiger partial charge >= 0.3 is 0 Å². The standard InChI is InChI=1S/C26H16N4O2/c1-2-4-22-20(18-6-10-24(30-12-18)26-14-28-16-32-26)8-7-19(21(22)3-1)17-5-9-23(29-11-17)25-13-27-15-31-25/h1-16H. The first kappa shape index (κ1) is 18.2. The number of hydrogen-bond donors (Lipinski definition) is 0. The molecule has 0 atom stereocenters. The summed E-state index contributed by atoms with van der Waals surface area (Å²) in [7, 11) is 0. The van der Waals surface area contributed by atoms with Gasteiger partial charge in [-0.15, -0.1) is 0 Å². The number of aromatic nitrogens is 4. The summed E-state index contributed by atoms with van der Waals surface area (Å²) in [6.45, 7) is 0. The van der Waals surface area contributed by atoms with Crippen molar-refractivity contribution < 1.29 is 8.83 Å². The lowest BCUT2D eigenvalue weighted by atomic mass is 9.93. The predicted molar refractivity (Wildman–Crippen MR) is 121 cm³/mol. The molecule has 6 rings (SSSR count). The smallest absolute Gasteiger partial charge is 0.181 e. The quantitative estimate of drug-likeness (QED) is 0.337. The van der Waals surface area contributed by atoms with Crippen LogP contribution in [0.4, 0.5) is 0 Å². The first-order chi connectivity index (χ1) is 15.9. The lowest BCUT2D eigenvalue weighted by Gasteiger charge is -2.12. The van der Waals surface area contributed by atoms with Gasteiger partial charge in [0.25, 0.3) is 0 Å². The van der Waals surface area contributed by atoms with Gasteiger partial charge in [0, 0.05) is 23.5 Å². The average molecular weight is 416 g/mol. The highest BCUT2D eigenvalue weighted by Crippen LogP contribution is 2.36. The molecule has 4 aromatic heterocycles. The third-order valence-corrected chi connectivity index (χ3v) is 5.44. The molecule has 0 bridgehead atoms. The molecule has 2 aromatic carbocycles. The number of fused-ring (bicyclic) bond motifs is 1. The molecule has 0 amide bonds. The molecule has 0 radical (unpaired) electrons. The Labute approximate surface area is 183 Å². The second-order valence-corrected chi connectivity index (χ2v) is 7.30. The van der Waals surface area contributed by atoms with Gasteiger partial charge in [-0.2, -0.15) is 0 Å². The maximum atomic E-state index is 5.34. The molecule has 6 aromatic rings. The van der Waals surface area contributed by atoms with Crippen LogP contribution in [0.25, 0.3) is 55.9 Å². The average Bonchev–Trinajstić information content (AvgIpc) is 3.59. The molecule has 0 fully saturated rings. The number of hydrogen-bond acceptors (Lipinski definition) is 6. The van der Waals surface area contributed by atoms with Crippen LogP contribution in [0.2, 0.25) is 0 Å². The Morgan fingerprint density at radius 3 is 1.38 bits per heavy atom. The van der Waals surface area contributed by atoms with Crippen LogP contribution in [0.15, 0.2) is 107 Å². The van der Waals surface area contributed by atoms with Gasteiger partial charge < -0.3 is 8.83 Å². The molecule has 0 aliphatic rings. The highest BCUT2D eigenvalue weighted by atomic mass is 16.3. The van der Waals surface area contributed by atoms with Crippen LogP contribution in [0.5, 0.6) is 0 Å². The van der Waals surface area contributed by atoms with E-state index in [9.17, 15) is 0 Å². The van der Waals surface area contributed by atoms with Crippen molar-refractivity contribution in [2.75, 3.05) is 0 Å². The van der Waals surface area contributed by atoms with E-state index in [1.165, 1.54) is 12.8 Å². The Kier molecular flexibility index (Phi) is 4.32. The molecular formula is C26H16N4O2. The van der Waals surface area contributed by atoms with E-state index in [1.54, 1.807) is 12.4 Å². The van der Waals surface area contributed by atoms with Gasteiger partial charge in [0.2, 0.25) is 0 Å². The minimum atomic E-state index is 0.651. The van der Waals surface area contributed by atoms with Crippen LogP contribution in [-0.2, 0) is 0 Å². The summed E-state index contributed by atoms with van der Waals surface area (Å²) >= 11 is 0. The maximum Gasteiger partial charge on any atom is 0.181 e. The van der Waals surface area contributed by atoms with E-state index < -0.39 is 0 Å². The second-order valence-electron chi connectivity index (χ2n) is 7.30. The fourth-order valence-electron chi connectivity index (χ4n) is 3.88. The van der Waals surface area contributed by atoms with E-state index in [2.05, 4.69) is 68.5 Å². The van der Waals surface area contributed by atoms with Crippen molar-refractivity contribution in [3.63, 3.8) is 0 Å². The number of rotatable bonds is 4. The minimum Gasteiger partial charge on any atom is -0.442 e. The Balaban J connectivity index is 1.41. The molecule has 152 valence electrons. The van der Waals surface area contributed by atoms with Gasteiger partial charge in [0.15, 0.2) is 24.3 Å². The molecule has 0 saturated heterocycles. The van der Waals surface area contributed by atoms with E-state index in [4.69, 9.17) is 8.83 Å². The van der Waals surface area contributed by atoms with Crippen LogP contribution in [0.3, 0.4) is 0 Å². The zero-order valence-corrected chi connectivity index (χ0v) is 16.8. The fourth-order valence-corrected chi connectivity index (χ4v) is 3.88. The Morgan fingerprint density at radius 1 is 0.500 bits per heavy atom. The molecule has 0 N–H and O–H groups in total. The van der Waals surface area contributed by atoms with Gasteiger partial charge in [0.05, 0.1) is 12.4 Å². The lowest BCUT2D eigenvalue weighted by Crippen LogP contribution is -1.89. The third-order valence-electron chi connectivity index (χ3n) is 5.44. The van der Waals surface area contributed by atoms with Crippen molar-refractivity contribution in [1.82, 2.24) is 19.9 Å². The number of oxazole rings is 2. The van der Waals surface area contributed by atoms with Crippen molar-refractivity contribution in [3.8, 4) is 45.2 Å². The van der Waals surface area contributed by atoms with Crippen LogP contribution in [0, 0.1) is 0 Å². The molecule has 0 unspecified atom stereocenters. The van der Waals surface area contributed by atoms with E-state index in [0.29, 0.717) is 11.5 Å². The van der Waals surface area contributed by atoms with Crippen molar-refractivity contribution in [2.45, 2.75) is 0 Å². The monoisotopic (exact) mass is 416 g/mol. The number of nitrogens with zero attached hydrogens (tertiary/aromatic N) is 4. The summed E-state index contributed by atoms with van der Waals surface area (Å²) in [5, 5.41) is 2.30. The fraction of sp³-hybridized carbons (Fsp3) is 0. The number of benzene rings is 2. The molecule has 0 spiro atoms. The topological polar surface area (TPSA) is 77.8 Å². The highest BCUT2D eigenvalue weighted by Gasteiger charge is 2.12. The zero-order valence-electron chi connectivity index (χ0n) is 16.8. The summed E-state index contributed by atoms with van der Waals surface area (Å²) in [6.07, 6.45) is 9.87. The van der Waals surface area contributed by atoms with E-state index >= 15 is 0 Å². The first-order valence-corrected chi connectivity index (χ1v) is 10.1. The van der Waals surface area contributed by atoms with Crippen LogP contribution in [0.1, 0.15) is 0 Å². The van der Waals surface area contributed by atoms with Crippen molar-refractivity contribution >= 4 is 10.8 Å². The Morgan fingerprint density at radius 2 is 1.00 bits per heavy atom. The summed E-state index contributed by atoms with van der Waals surface area (Å²) in [6, 6.07) is 20.6. The van der Waals surface area contributed by atoms with Crippen molar-refractivity contribution in [3.05, 3.63) is 98.2 Å². The van der Waals surface area contributed by atoms with E-state index in [1.807, 2.05) is 24.5 Å². The molecule has 0 aliphatic carbocycles.